The van der Waals surface area contributed by atoms with E-state index in [9.17, 15) is 9.18 Å². The van der Waals surface area contributed by atoms with E-state index in [-0.39, 0.29) is 24.9 Å². The van der Waals surface area contributed by atoms with Crippen molar-refractivity contribution in [1.29, 1.82) is 0 Å². The highest BCUT2D eigenvalue weighted by Gasteiger charge is 2.11. The summed E-state index contributed by atoms with van der Waals surface area (Å²) in [4.78, 5) is 11.7. The molecule has 0 saturated carbocycles. The molecule has 0 aliphatic carbocycles. The van der Waals surface area contributed by atoms with Crippen molar-refractivity contribution in [2.24, 2.45) is 0 Å². The predicted molar refractivity (Wildman–Crippen MR) is 86.2 cm³/mol. The zero-order valence-electron chi connectivity index (χ0n) is 13.4. The molecule has 128 valence electrons. The molecule has 0 amide bonds. The molecule has 6 nitrogen and oxygen atoms in total. The molecule has 3 aromatic rings. The fourth-order valence-corrected chi connectivity index (χ4v) is 2.06. The van der Waals surface area contributed by atoms with E-state index < -0.39 is 5.97 Å². The number of benzene rings is 2. The lowest BCUT2D eigenvalue weighted by Gasteiger charge is -2.05. The Morgan fingerprint density at radius 1 is 1.16 bits per heavy atom. The van der Waals surface area contributed by atoms with E-state index in [0.717, 1.165) is 11.1 Å². The molecule has 3 rings (SSSR count). The van der Waals surface area contributed by atoms with Crippen molar-refractivity contribution in [1.82, 2.24) is 10.2 Å². The smallest absolute Gasteiger partial charge is 0.344 e. The number of esters is 1. The van der Waals surface area contributed by atoms with Gasteiger partial charge in [-0.2, -0.15) is 0 Å². The Morgan fingerprint density at radius 2 is 1.96 bits per heavy atom. The number of rotatable bonds is 6. The quantitative estimate of drug-likeness (QED) is 0.640. The Labute approximate surface area is 143 Å². The van der Waals surface area contributed by atoms with Gasteiger partial charge in [-0.25, -0.2) is 9.18 Å². The Balaban J connectivity index is 1.50. The minimum absolute atomic E-state index is 0.148. The van der Waals surface area contributed by atoms with Gasteiger partial charge in [-0.15, -0.1) is 10.2 Å². The van der Waals surface area contributed by atoms with Crippen LogP contribution in [0.25, 0.3) is 11.5 Å². The summed E-state index contributed by atoms with van der Waals surface area (Å²) in [6.07, 6.45) is 0. The molecule has 0 atom stereocenters. The summed E-state index contributed by atoms with van der Waals surface area (Å²) in [6.45, 7) is 1.51. The first-order valence-electron chi connectivity index (χ1n) is 7.53. The van der Waals surface area contributed by atoms with Crippen LogP contribution >= 0.6 is 0 Å². The van der Waals surface area contributed by atoms with E-state index in [0.29, 0.717) is 11.6 Å². The van der Waals surface area contributed by atoms with Crippen molar-refractivity contribution in [3.63, 3.8) is 0 Å². The molecule has 0 unspecified atom stereocenters. The van der Waals surface area contributed by atoms with Crippen molar-refractivity contribution in [2.45, 2.75) is 13.5 Å². The van der Waals surface area contributed by atoms with Crippen LogP contribution in [0.4, 0.5) is 4.39 Å². The minimum Gasteiger partial charge on any atom is -0.482 e. The summed E-state index contributed by atoms with van der Waals surface area (Å²) >= 11 is 0. The first-order valence-corrected chi connectivity index (χ1v) is 7.53. The molecule has 1 heterocycles. The topological polar surface area (TPSA) is 74.5 Å². The second-order valence-electron chi connectivity index (χ2n) is 5.27. The van der Waals surface area contributed by atoms with Gasteiger partial charge < -0.3 is 13.9 Å². The van der Waals surface area contributed by atoms with Crippen LogP contribution in [-0.2, 0) is 16.1 Å². The van der Waals surface area contributed by atoms with Crippen molar-refractivity contribution in [3.8, 4) is 17.2 Å². The third kappa shape index (κ3) is 4.63. The molecule has 2 aromatic carbocycles. The molecular formula is C18H15FN2O4. The van der Waals surface area contributed by atoms with Crippen molar-refractivity contribution < 1.29 is 23.1 Å². The van der Waals surface area contributed by atoms with Crippen LogP contribution in [0.15, 0.2) is 52.9 Å². The Morgan fingerprint density at radius 3 is 2.72 bits per heavy atom. The van der Waals surface area contributed by atoms with Crippen LogP contribution in [0.5, 0.6) is 5.75 Å². The van der Waals surface area contributed by atoms with Gasteiger partial charge in [0.05, 0.1) is 0 Å². The second kappa shape index (κ2) is 7.57. The van der Waals surface area contributed by atoms with E-state index in [1.807, 2.05) is 31.2 Å². The summed E-state index contributed by atoms with van der Waals surface area (Å²) in [6, 6.07) is 13.0. The number of carbonyl (C=O) groups excluding carboxylic acids is 1. The standard InChI is InChI=1S/C18H15FN2O4/c1-12-3-2-4-13(9-12)18-21-20-16(25-18)10-24-17(22)11-23-15-7-5-14(19)6-8-15/h2-9H,10-11H2,1H3. The molecule has 25 heavy (non-hydrogen) atoms. The Hall–Kier alpha value is -3.22. The van der Waals surface area contributed by atoms with Gasteiger partial charge in [-0.1, -0.05) is 17.7 Å². The highest BCUT2D eigenvalue weighted by molar-refractivity contribution is 5.71. The van der Waals surface area contributed by atoms with E-state index in [4.69, 9.17) is 13.9 Å². The Bertz CT molecular complexity index is 862. The zero-order valence-corrected chi connectivity index (χ0v) is 13.4. The third-order valence-corrected chi connectivity index (χ3v) is 3.26. The molecule has 0 N–H and O–H groups in total. The Kier molecular flexibility index (Phi) is 5.03. The average molecular weight is 342 g/mol. The fraction of sp³-hybridized carbons (Fsp3) is 0.167. The summed E-state index contributed by atoms with van der Waals surface area (Å²) in [5.74, 6) is -0.0582. The summed E-state index contributed by atoms with van der Waals surface area (Å²) < 4.78 is 28.4. The normalized spacial score (nSPS) is 10.5. The number of carbonyl (C=O) groups is 1. The van der Waals surface area contributed by atoms with E-state index in [1.54, 1.807) is 0 Å². The van der Waals surface area contributed by atoms with Crippen molar-refractivity contribution in [2.75, 3.05) is 6.61 Å². The maximum Gasteiger partial charge on any atom is 0.344 e. The molecule has 0 bridgehead atoms. The van der Waals surface area contributed by atoms with Crippen LogP contribution in [0, 0.1) is 12.7 Å². The molecule has 0 radical (unpaired) electrons. The molecule has 0 saturated heterocycles. The van der Waals surface area contributed by atoms with Gasteiger partial charge in [0, 0.05) is 5.56 Å². The van der Waals surface area contributed by atoms with E-state index in [1.165, 1.54) is 24.3 Å². The van der Waals surface area contributed by atoms with Crippen LogP contribution < -0.4 is 4.74 Å². The molecule has 1 aromatic heterocycles. The highest BCUT2D eigenvalue weighted by atomic mass is 19.1. The number of aromatic nitrogens is 2. The molecule has 0 spiro atoms. The lowest BCUT2D eigenvalue weighted by Crippen LogP contribution is -2.14. The molecule has 0 aliphatic heterocycles. The number of ether oxygens (including phenoxy) is 2. The maximum atomic E-state index is 12.8. The monoisotopic (exact) mass is 342 g/mol. The van der Waals surface area contributed by atoms with Crippen molar-refractivity contribution >= 4 is 5.97 Å². The molecule has 0 fully saturated rings. The van der Waals surface area contributed by atoms with Gasteiger partial charge in [-0.3, -0.25) is 0 Å². The van der Waals surface area contributed by atoms with Crippen LogP contribution in [0.1, 0.15) is 11.5 Å². The SMILES string of the molecule is Cc1cccc(-c2nnc(COC(=O)COc3ccc(F)cc3)o2)c1. The van der Waals surface area contributed by atoms with E-state index in [2.05, 4.69) is 10.2 Å². The minimum atomic E-state index is -0.598. The first-order chi connectivity index (χ1) is 12.1. The molecule has 0 aliphatic rings. The number of aryl methyl sites for hydroxylation is 1. The number of nitrogens with zero attached hydrogens (tertiary/aromatic N) is 2. The summed E-state index contributed by atoms with van der Waals surface area (Å²) in [7, 11) is 0. The van der Waals surface area contributed by atoms with Gasteiger partial charge in [0.1, 0.15) is 11.6 Å². The van der Waals surface area contributed by atoms with Gasteiger partial charge in [0.15, 0.2) is 13.2 Å². The third-order valence-electron chi connectivity index (χ3n) is 3.26. The van der Waals surface area contributed by atoms with Crippen LogP contribution in [-0.4, -0.2) is 22.8 Å². The van der Waals surface area contributed by atoms with Gasteiger partial charge in [0.2, 0.25) is 5.89 Å². The first kappa shape index (κ1) is 16.6. The van der Waals surface area contributed by atoms with E-state index >= 15 is 0 Å². The summed E-state index contributed by atoms with van der Waals surface area (Å²) in [5, 5.41) is 7.78. The molecular weight excluding hydrogens is 327 g/mol. The van der Waals surface area contributed by atoms with Crippen molar-refractivity contribution in [3.05, 3.63) is 65.8 Å². The average Bonchev–Trinajstić information content (AvgIpc) is 3.08. The van der Waals surface area contributed by atoms with Crippen LogP contribution in [0.3, 0.4) is 0 Å². The lowest BCUT2D eigenvalue weighted by atomic mass is 10.1. The highest BCUT2D eigenvalue weighted by Crippen LogP contribution is 2.19. The molecule has 7 heteroatoms. The number of hydrogen-bond acceptors (Lipinski definition) is 6. The largest absolute Gasteiger partial charge is 0.482 e. The predicted octanol–water partition coefficient (Wildman–Crippen LogP) is 3.31. The fourth-order valence-electron chi connectivity index (χ4n) is 2.06. The summed E-state index contributed by atoms with van der Waals surface area (Å²) in [5.41, 5.74) is 1.87. The van der Waals surface area contributed by atoms with Crippen LogP contribution in [0.2, 0.25) is 0 Å². The van der Waals surface area contributed by atoms with Gasteiger partial charge >= 0.3 is 5.97 Å². The van der Waals surface area contributed by atoms with Gasteiger partial charge in [-0.05, 0) is 43.3 Å². The lowest BCUT2D eigenvalue weighted by molar-refractivity contribution is -0.148. The number of hydrogen-bond donors (Lipinski definition) is 0. The zero-order chi connectivity index (χ0) is 17.6. The maximum absolute atomic E-state index is 12.8. The number of halogens is 1. The second-order valence-corrected chi connectivity index (χ2v) is 5.27. The van der Waals surface area contributed by atoms with Gasteiger partial charge in [0.25, 0.3) is 5.89 Å².